The Morgan fingerprint density at radius 2 is 2.06 bits per heavy atom. The van der Waals surface area contributed by atoms with Gasteiger partial charge < -0.3 is 5.32 Å². The van der Waals surface area contributed by atoms with Crippen LogP contribution in [0.15, 0.2) is 12.1 Å². The lowest BCUT2D eigenvalue weighted by molar-refractivity contribution is 0.140. The monoisotopic (exact) mass is 266 g/mol. The van der Waals surface area contributed by atoms with Gasteiger partial charge in [0.2, 0.25) is 0 Å². The summed E-state index contributed by atoms with van der Waals surface area (Å²) < 4.78 is 0. The van der Waals surface area contributed by atoms with Crippen molar-refractivity contribution in [3.63, 3.8) is 0 Å². The van der Waals surface area contributed by atoms with Crippen LogP contribution < -0.4 is 5.32 Å². The van der Waals surface area contributed by atoms with Gasteiger partial charge in [-0.15, -0.1) is 11.3 Å². The van der Waals surface area contributed by atoms with Gasteiger partial charge in [-0.05, 0) is 31.4 Å². The van der Waals surface area contributed by atoms with Crippen LogP contribution in [0.4, 0.5) is 0 Å². The van der Waals surface area contributed by atoms with Crippen molar-refractivity contribution in [3.05, 3.63) is 21.9 Å². The number of piperazine rings is 1. The highest BCUT2D eigenvalue weighted by atomic mass is 32.1. The molecule has 0 amide bonds. The Bertz CT molecular complexity index is 391. The third-order valence-electron chi connectivity index (χ3n) is 3.65. The van der Waals surface area contributed by atoms with E-state index < -0.39 is 0 Å². The summed E-state index contributed by atoms with van der Waals surface area (Å²) in [5, 5.41) is 3.54. The average molecular weight is 266 g/mol. The highest BCUT2D eigenvalue weighted by molar-refractivity contribution is 7.12. The maximum Gasteiger partial charge on any atom is 0.0332 e. The zero-order valence-corrected chi connectivity index (χ0v) is 13.1. The van der Waals surface area contributed by atoms with E-state index in [0.717, 1.165) is 19.6 Å². The molecule has 0 saturated carbocycles. The first-order chi connectivity index (χ1) is 8.36. The first-order valence-corrected chi connectivity index (χ1v) is 7.74. The molecule has 102 valence electrons. The van der Waals surface area contributed by atoms with E-state index in [1.807, 2.05) is 11.3 Å². The molecule has 1 aromatic heterocycles. The topological polar surface area (TPSA) is 15.3 Å². The smallest absolute Gasteiger partial charge is 0.0332 e. The van der Waals surface area contributed by atoms with Crippen molar-refractivity contribution in [2.24, 2.45) is 0 Å². The molecule has 2 unspecified atom stereocenters. The molecule has 2 rings (SSSR count). The third kappa shape index (κ3) is 3.34. The normalized spacial score (nSPS) is 26.5. The molecule has 2 nitrogen and oxygen atoms in total. The second kappa shape index (κ2) is 5.32. The molecule has 1 saturated heterocycles. The number of thiophene rings is 1. The van der Waals surface area contributed by atoms with Crippen LogP contribution in [0.2, 0.25) is 0 Å². The lowest BCUT2D eigenvalue weighted by Crippen LogP contribution is -2.53. The highest BCUT2D eigenvalue weighted by Crippen LogP contribution is 2.30. The minimum atomic E-state index is 0.283. The number of nitrogens with zero attached hydrogens (tertiary/aromatic N) is 1. The number of hydrogen-bond donors (Lipinski definition) is 1. The molecule has 0 aliphatic carbocycles. The summed E-state index contributed by atoms with van der Waals surface area (Å²) in [5.74, 6) is 0. The van der Waals surface area contributed by atoms with Crippen LogP contribution in [0, 0.1) is 0 Å². The van der Waals surface area contributed by atoms with Crippen LogP contribution in [0.25, 0.3) is 0 Å². The van der Waals surface area contributed by atoms with Gasteiger partial charge in [-0.1, -0.05) is 20.8 Å². The highest BCUT2D eigenvalue weighted by Gasteiger charge is 2.23. The van der Waals surface area contributed by atoms with E-state index >= 15 is 0 Å². The van der Waals surface area contributed by atoms with Crippen molar-refractivity contribution in [2.45, 2.75) is 58.7 Å². The first kappa shape index (κ1) is 14.0. The third-order valence-corrected chi connectivity index (χ3v) is 5.15. The van der Waals surface area contributed by atoms with Gasteiger partial charge in [0.25, 0.3) is 0 Å². The molecule has 0 bridgehead atoms. The summed E-state index contributed by atoms with van der Waals surface area (Å²) in [5.41, 5.74) is 0.283. The molecule has 3 heteroatoms. The van der Waals surface area contributed by atoms with Crippen LogP contribution in [0.5, 0.6) is 0 Å². The van der Waals surface area contributed by atoms with E-state index in [2.05, 4.69) is 57.0 Å². The molecule has 2 atom stereocenters. The zero-order valence-electron chi connectivity index (χ0n) is 12.3. The summed E-state index contributed by atoms with van der Waals surface area (Å²) in [7, 11) is 0. The van der Waals surface area contributed by atoms with Gasteiger partial charge in [-0.25, -0.2) is 0 Å². The van der Waals surface area contributed by atoms with Crippen LogP contribution in [-0.4, -0.2) is 30.1 Å². The Kier molecular flexibility index (Phi) is 4.15. The van der Waals surface area contributed by atoms with Crippen molar-refractivity contribution in [3.8, 4) is 0 Å². The summed E-state index contributed by atoms with van der Waals surface area (Å²) in [6.45, 7) is 14.8. The Morgan fingerprint density at radius 3 is 2.67 bits per heavy atom. The van der Waals surface area contributed by atoms with E-state index in [1.54, 1.807) is 0 Å². The van der Waals surface area contributed by atoms with Crippen molar-refractivity contribution in [2.75, 3.05) is 13.1 Å². The quantitative estimate of drug-likeness (QED) is 0.884. The lowest BCUT2D eigenvalue weighted by Gasteiger charge is -2.37. The molecule has 18 heavy (non-hydrogen) atoms. The van der Waals surface area contributed by atoms with Crippen molar-refractivity contribution < 1.29 is 0 Å². The summed E-state index contributed by atoms with van der Waals surface area (Å²) in [6.07, 6.45) is 0. The van der Waals surface area contributed by atoms with E-state index in [4.69, 9.17) is 0 Å². The molecule has 1 aliphatic heterocycles. The number of rotatable bonds is 2. The van der Waals surface area contributed by atoms with Gasteiger partial charge in [-0.2, -0.15) is 0 Å². The molecule has 1 aromatic rings. The Balaban J connectivity index is 2.02. The van der Waals surface area contributed by atoms with Crippen molar-refractivity contribution in [1.29, 1.82) is 0 Å². The lowest BCUT2D eigenvalue weighted by atomic mass is 9.95. The van der Waals surface area contributed by atoms with Crippen molar-refractivity contribution >= 4 is 11.3 Å². The number of nitrogens with one attached hydrogen (secondary N) is 1. The molecule has 1 N–H and O–H groups in total. The summed E-state index contributed by atoms with van der Waals surface area (Å²) >= 11 is 1.97. The molecule has 0 radical (unpaired) electrons. The van der Waals surface area contributed by atoms with Gasteiger partial charge in [0, 0.05) is 41.5 Å². The van der Waals surface area contributed by atoms with E-state index in [-0.39, 0.29) is 5.41 Å². The molecule has 0 aromatic carbocycles. The fourth-order valence-electron chi connectivity index (χ4n) is 2.38. The molecular formula is C15H26N2S. The Labute approximate surface area is 115 Å². The Hall–Kier alpha value is -0.380. The SMILES string of the molecule is CC1CN(Cc2ccc(C(C)(C)C)s2)C(C)CN1. The minimum absolute atomic E-state index is 0.283. The maximum absolute atomic E-state index is 3.54. The van der Waals surface area contributed by atoms with Crippen LogP contribution in [-0.2, 0) is 12.0 Å². The predicted octanol–water partition coefficient (Wildman–Crippen LogP) is 3.23. The fraction of sp³-hybridized carbons (Fsp3) is 0.733. The Morgan fingerprint density at radius 1 is 1.33 bits per heavy atom. The largest absolute Gasteiger partial charge is 0.311 e. The van der Waals surface area contributed by atoms with Gasteiger partial charge in [-0.3, -0.25) is 4.90 Å². The van der Waals surface area contributed by atoms with E-state index in [1.165, 1.54) is 9.75 Å². The zero-order chi connectivity index (χ0) is 13.3. The molecule has 1 fully saturated rings. The van der Waals surface area contributed by atoms with Gasteiger partial charge in [0.05, 0.1) is 0 Å². The van der Waals surface area contributed by atoms with Crippen LogP contribution in [0.3, 0.4) is 0 Å². The van der Waals surface area contributed by atoms with Gasteiger partial charge in [0.15, 0.2) is 0 Å². The van der Waals surface area contributed by atoms with E-state index in [0.29, 0.717) is 12.1 Å². The van der Waals surface area contributed by atoms with Crippen LogP contribution in [0.1, 0.15) is 44.4 Å². The standard InChI is InChI=1S/C15H26N2S/c1-11-9-17(12(2)8-16-11)10-13-6-7-14(18-13)15(3,4)5/h6-7,11-12,16H,8-10H2,1-5H3. The van der Waals surface area contributed by atoms with Crippen molar-refractivity contribution in [1.82, 2.24) is 10.2 Å². The average Bonchev–Trinajstić information content (AvgIpc) is 2.71. The van der Waals surface area contributed by atoms with Gasteiger partial charge in [0.1, 0.15) is 0 Å². The molecule has 2 heterocycles. The number of hydrogen-bond acceptors (Lipinski definition) is 3. The van der Waals surface area contributed by atoms with Crippen LogP contribution >= 0.6 is 11.3 Å². The summed E-state index contributed by atoms with van der Waals surface area (Å²) in [4.78, 5) is 5.59. The molecule has 0 spiro atoms. The molecule has 1 aliphatic rings. The van der Waals surface area contributed by atoms with Gasteiger partial charge >= 0.3 is 0 Å². The van der Waals surface area contributed by atoms with E-state index in [9.17, 15) is 0 Å². The molecular weight excluding hydrogens is 240 g/mol. The fourth-order valence-corrected chi connectivity index (χ4v) is 3.47. The first-order valence-electron chi connectivity index (χ1n) is 6.93. The predicted molar refractivity (Wildman–Crippen MR) is 80.4 cm³/mol. The second-order valence-corrected chi connectivity index (χ2v) is 7.77. The maximum atomic E-state index is 3.54. The summed E-state index contributed by atoms with van der Waals surface area (Å²) in [6, 6.07) is 5.87. The second-order valence-electron chi connectivity index (χ2n) is 6.60. The minimum Gasteiger partial charge on any atom is -0.311 e.